The normalized spacial score (nSPS) is 13.8. The minimum Gasteiger partial charge on any atom is -0.352 e. The van der Waals surface area contributed by atoms with Crippen LogP contribution in [0.1, 0.15) is 23.1 Å². The number of rotatable bonds is 8. The maximum absolute atomic E-state index is 13.2. The van der Waals surface area contributed by atoms with Gasteiger partial charge in [0.2, 0.25) is 5.91 Å². The summed E-state index contributed by atoms with van der Waals surface area (Å²) in [5, 5.41) is 2.78. The SMILES string of the molecule is O=C(C=Cc1cccnc1)NCCCN1C(=O)C(c2ccccc2)=C(c2ccccc2)C1=O. The zero-order valence-corrected chi connectivity index (χ0v) is 18.0. The standard InChI is InChI=1S/C27H23N3O3/c31-23(15-14-20-9-7-16-28-19-20)29-17-8-18-30-26(32)24(21-10-3-1-4-11-21)25(27(30)33)22-12-5-2-6-13-22/h1-7,9-16,19H,8,17-18H2,(H,29,31). The van der Waals surface area contributed by atoms with E-state index < -0.39 is 0 Å². The van der Waals surface area contributed by atoms with E-state index in [-0.39, 0.29) is 24.3 Å². The van der Waals surface area contributed by atoms with E-state index in [9.17, 15) is 14.4 Å². The summed E-state index contributed by atoms with van der Waals surface area (Å²) < 4.78 is 0. The summed E-state index contributed by atoms with van der Waals surface area (Å²) in [7, 11) is 0. The molecule has 2 aromatic carbocycles. The van der Waals surface area contributed by atoms with Crippen molar-refractivity contribution in [3.63, 3.8) is 0 Å². The summed E-state index contributed by atoms with van der Waals surface area (Å²) in [5.41, 5.74) is 3.08. The van der Waals surface area contributed by atoms with E-state index in [2.05, 4.69) is 10.3 Å². The molecule has 164 valence electrons. The maximum Gasteiger partial charge on any atom is 0.262 e. The average Bonchev–Trinajstić information content (AvgIpc) is 3.11. The lowest BCUT2D eigenvalue weighted by atomic mass is 9.96. The van der Waals surface area contributed by atoms with Crippen LogP contribution in [0.2, 0.25) is 0 Å². The van der Waals surface area contributed by atoms with E-state index in [1.54, 1.807) is 24.5 Å². The van der Waals surface area contributed by atoms with E-state index in [1.807, 2.05) is 66.7 Å². The molecule has 1 N–H and O–H groups in total. The van der Waals surface area contributed by atoms with E-state index in [0.717, 1.165) is 5.56 Å². The molecule has 2 heterocycles. The molecule has 1 aliphatic rings. The van der Waals surface area contributed by atoms with Crippen molar-refractivity contribution in [2.24, 2.45) is 0 Å². The minimum absolute atomic E-state index is 0.219. The first-order chi connectivity index (χ1) is 16.1. The van der Waals surface area contributed by atoms with E-state index in [0.29, 0.717) is 35.2 Å². The molecule has 1 aliphatic heterocycles. The number of nitrogens with one attached hydrogen (secondary N) is 1. The van der Waals surface area contributed by atoms with Gasteiger partial charge in [0.25, 0.3) is 11.8 Å². The first-order valence-corrected chi connectivity index (χ1v) is 10.7. The third kappa shape index (κ3) is 5.13. The lowest BCUT2D eigenvalue weighted by molar-refractivity contribution is -0.136. The van der Waals surface area contributed by atoms with Crippen LogP contribution < -0.4 is 5.32 Å². The van der Waals surface area contributed by atoms with Gasteiger partial charge in [0, 0.05) is 31.6 Å². The lowest BCUT2D eigenvalue weighted by Crippen LogP contribution is -2.34. The summed E-state index contributed by atoms with van der Waals surface area (Å²) in [6.07, 6.45) is 6.90. The third-order valence-electron chi connectivity index (χ3n) is 5.26. The second-order valence-electron chi connectivity index (χ2n) is 7.51. The number of benzene rings is 2. The molecule has 0 spiro atoms. The van der Waals surface area contributed by atoms with Gasteiger partial charge in [-0.2, -0.15) is 0 Å². The zero-order chi connectivity index (χ0) is 23.0. The van der Waals surface area contributed by atoms with Crippen molar-refractivity contribution in [2.45, 2.75) is 6.42 Å². The fourth-order valence-electron chi connectivity index (χ4n) is 3.68. The van der Waals surface area contributed by atoms with Crippen molar-refractivity contribution in [1.82, 2.24) is 15.2 Å². The summed E-state index contributed by atoms with van der Waals surface area (Å²) in [5.74, 6) is -0.869. The summed E-state index contributed by atoms with van der Waals surface area (Å²) in [6, 6.07) is 22.1. The van der Waals surface area contributed by atoms with E-state index >= 15 is 0 Å². The highest BCUT2D eigenvalue weighted by Crippen LogP contribution is 2.35. The number of carbonyl (C=O) groups excluding carboxylic acids is 3. The van der Waals surface area contributed by atoms with Crippen LogP contribution in [0.4, 0.5) is 0 Å². The van der Waals surface area contributed by atoms with Crippen molar-refractivity contribution < 1.29 is 14.4 Å². The molecule has 6 heteroatoms. The summed E-state index contributed by atoms with van der Waals surface area (Å²) >= 11 is 0. The predicted molar refractivity (Wildman–Crippen MR) is 127 cm³/mol. The van der Waals surface area contributed by atoms with Gasteiger partial charge in [-0.15, -0.1) is 0 Å². The number of pyridine rings is 1. The quantitative estimate of drug-likeness (QED) is 0.332. The second kappa shape index (κ2) is 10.3. The van der Waals surface area contributed by atoms with Crippen molar-refractivity contribution >= 4 is 34.9 Å². The molecule has 33 heavy (non-hydrogen) atoms. The molecule has 0 saturated heterocycles. The molecular formula is C27H23N3O3. The van der Waals surface area contributed by atoms with Crippen LogP contribution in [0.3, 0.4) is 0 Å². The Bertz CT molecular complexity index is 1140. The molecule has 0 unspecified atom stereocenters. The van der Waals surface area contributed by atoms with E-state index in [1.165, 1.54) is 11.0 Å². The van der Waals surface area contributed by atoms with Crippen molar-refractivity contribution in [3.8, 4) is 0 Å². The molecule has 3 aromatic rings. The first-order valence-electron chi connectivity index (χ1n) is 10.7. The average molecular weight is 437 g/mol. The van der Waals surface area contributed by atoms with Crippen LogP contribution in [-0.4, -0.2) is 40.7 Å². The number of nitrogens with zero attached hydrogens (tertiary/aromatic N) is 2. The van der Waals surface area contributed by atoms with Gasteiger partial charge in [-0.25, -0.2) is 0 Å². The smallest absolute Gasteiger partial charge is 0.262 e. The van der Waals surface area contributed by atoms with Crippen molar-refractivity contribution in [3.05, 3.63) is 108 Å². The molecule has 0 bridgehead atoms. The Kier molecular flexibility index (Phi) is 6.85. The molecule has 6 nitrogen and oxygen atoms in total. The highest BCUT2D eigenvalue weighted by molar-refractivity contribution is 6.48. The molecule has 3 amide bonds. The Balaban J connectivity index is 1.41. The lowest BCUT2D eigenvalue weighted by Gasteiger charge is -2.15. The highest BCUT2D eigenvalue weighted by atomic mass is 16.2. The zero-order valence-electron chi connectivity index (χ0n) is 18.0. The van der Waals surface area contributed by atoms with Gasteiger partial charge in [-0.1, -0.05) is 66.7 Å². The Morgan fingerprint density at radius 2 is 1.45 bits per heavy atom. The van der Waals surface area contributed by atoms with Crippen LogP contribution in [0.15, 0.2) is 91.3 Å². The third-order valence-corrected chi connectivity index (χ3v) is 5.26. The molecule has 4 rings (SSSR count). The molecule has 0 radical (unpaired) electrons. The van der Waals surface area contributed by atoms with Gasteiger partial charge in [-0.3, -0.25) is 24.3 Å². The van der Waals surface area contributed by atoms with E-state index in [4.69, 9.17) is 0 Å². The van der Waals surface area contributed by atoms with Crippen LogP contribution in [0, 0.1) is 0 Å². The fourth-order valence-corrected chi connectivity index (χ4v) is 3.68. The highest BCUT2D eigenvalue weighted by Gasteiger charge is 2.38. The maximum atomic E-state index is 13.2. The number of aromatic nitrogens is 1. The molecule has 0 fully saturated rings. The van der Waals surface area contributed by atoms with Gasteiger partial charge >= 0.3 is 0 Å². The number of hydrogen-bond donors (Lipinski definition) is 1. The molecule has 0 atom stereocenters. The summed E-state index contributed by atoms with van der Waals surface area (Å²) in [4.78, 5) is 43.8. The Morgan fingerprint density at radius 1 is 0.848 bits per heavy atom. The van der Waals surface area contributed by atoms with Crippen LogP contribution in [0.5, 0.6) is 0 Å². The van der Waals surface area contributed by atoms with Crippen molar-refractivity contribution in [1.29, 1.82) is 0 Å². The molecule has 0 aliphatic carbocycles. The second-order valence-corrected chi connectivity index (χ2v) is 7.51. The monoisotopic (exact) mass is 437 g/mol. The number of imide groups is 1. The number of hydrogen-bond acceptors (Lipinski definition) is 4. The topological polar surface area (TPSA) is 79.4 Å². The van der Waals surface area contributed by atoms with Gasteiger partial charge in [0.05, 0.1) is 11.1 Å². The number of amides is 3. The van der Waals surface area contributed by atoms with Gasteiger partial charge in [0.1, 0.15) is 0 Å². The minimum atomic E-state index is -0.312. The number of carbonyl (C=O) groups is 3. The van der Waals surface area contributed by atoms with Crippen LogP contribution in [0.25, 0.3) is 17.2 Å². The van der Waals surface area contributed by atoms with Crippen LogP contribution >= 0.6 is 0 Å². The summed E-state index contributed by atoms with van der Waals surface area (Å²) in [6.45, 7) is 0.561. The van der Waals surface area contributed by atoms with Crippen LogP contribution in [-0.2, 0) is 14.4 Å². The molecule has 1 aromatic heterocycles. The van der Waals surface area contributed by atoms with Crippen molar-refractivity contribution in [2.75, 3.05) is 13.1 Å². The fraction of sp³-hybridized carbons (Fsp3) is 0.111. The Morgan fingerprint density at radius 3 is 2.00 bits per heavy atom. The Hall–Kier alpha value is -4.32. The van der Waals surface area contributed by atoms with Gasteiger partial charge in [-0.05, 0) is 35.3 Å². The predicted octanol–water partition coefficient (Wildman–Crippen LogP) is 3.58. The van der Waals surface area contributed by atoms with Gasteiger partial charge < -0.3 is 5.32 Å². The van der Waals surface area contributed by atoms with Gasteiger partial charge in [0.15, 0.2) is 0 Å². The molecule has 0 saturated carbocycles. The first kappa shape index (κ1) is 21.9. The largest absolute Gasteiger partial charge is 0.352 e. The molecular weight excluding hydrogens is 414 g/mol. The Labute approximate surface area is 192 Å².